The molecule has 0 unspecified atom stereocenters. The van der Waals surface area contributed by atoms with Crippen LogP contribution in [0.2, 0.25) is 0 Å². The standard InChI is InChI=1S/C54H32N4O/c1-2-14-36(15-3-1)57-48-24-11-9-20-41(48)45-30-33(26-28-49(45)57)34-25-27-42-40-19-8-10-23-47(40)58(50(42)31-34)37-16-12-13-35(29-37)46-32-55-52-51-43-21-6-4-17-38(43)39-18-5-7-22-44(39)53(51)59-54(52)56-46/h1-32H. The summed E-state index contributed by atoms with van der Waals surface area (Å²) in [5.74, 6) is 0. The Hall–Kier alpha value is -8.02. The number of nitrogens with zero attached hydrogens (tertiary/aromatic N) is 4. The fraction of sp³-hybridized carbons (Fsp3) is 0. The van der Waals surface area contributed by atoms with Gasteiger partial charge in [-0.3, -0.25) is 0 Å². The predicted molar refractivity (Wildman–Crippen MR) is 244 cm³/mol. The van der Waals surface area contributed by atoms with Crippen LogP contribution in [0, 0.1) is 0 Å². The smallest absolute Gasteiger partial charge is 0.246 e. The van der Waals surface area contributed by atoms with Gasteiger partial charge in [0.2, 0.25) is 5.71 Å². The van der Waals surface area contributed by atoms with E-state index in [9.17, 15) is 0 Å². The Morgan fingerprint density at radius 2 is 0.949 bits per heavy atom. The summed E-state index contributed by atoms with van der Waals surface area (Å²) >= 11 is 0. The molecule has 0 aliphatic heterocycles. The van der Waals surface area contributed by atoms with Gasteiger partial charge in [0.1, 0.15) is 11.1 Å². The molecule has 13 aromatic rings. The van der Waals surface area contributed by atoms with E-state index in [1.807, 2.05) is 6.20 Å². The van der Waals surface area contributed by atoms with Crippen molar-refractivity contribution in [2.24, 2.45) is 0 Å². The zero-order chi connectivity index (χ0) is 38.6. The van der Waals surface area contributed by atoms with Gasteiger partial charge in [-0.25, -0.2) is 9.97 Å². The third kappa shape index (κ3) is 4.67. The highest BCUT2D eigenvalue weighted by Gasteiger charge is 2.20. The minimum atomic E-state index is 0.537. The molecule has 0 amide bonds. The number of hydrogen-bond donors (Lipinski definition) is 0. The van der Waals surface area contributed by atoms with Gasteiger partial charge in [0.05, 0.1) is 39.3 Å². The van der Waals surface area contributed by atoms with E-state index in [1.165, 1.54) is 43.5 Å². The Kier molecular flexibility index (Phi) is 6.66. The van der Waals surface area contributed by atoms with Crippen LogP contribution in [0.15, 0.2) is 199 Å². The summed E-state index contributed by atoms with van der Waals surface area (Å²) in [6.07, 6.45) is 1.88. The number of aromatic nitrogens is 4. The molecule has 0 saturated heterocycles. The predicted octanol–water partition coefficient (Wildman–Crippen LogP) is 14.2. The second kappa shape index (κ2) is 12.2. The maximum atomic E-state index is 6.60. The fourth-order valence-electron chi connectivity index (χ4n) is 9.54. The van der Waals surface area contributed by atoms with Crippen LogP contribution in [0.4, 0.5) is 0 Å². The van der Waals surface area contributed by atoms with Gasteiger partial charge >= 0.3 is 0 Å². The normalized spacial score (nSPS) is 12.1. The van der Waals surface area contributed by atoms with Crippen molar-refractivity contribution in [2.45, 2.75) is 0 Å². The van der Waals surface area contributed by atoms with E-state index in [1.54, 1.807) is 0 Å². The first-order valence-corrected chi connectivity index (χ1v) is 20.0. The second-order valence-corrected chi connectivity index (χ2v) is 15.4. The van der Waals surface area contributed by atoms with E-state index in [-0.39, 0.29) is 0 Å². The molecule has 4 heterocycles. The molecule has 0 spiro atoms. The van der Waals surface area contributed by atoms with E-state index in [2.05, 4.69) is 197 Å². The lowest BCUT2D eigenvalue weighted by Crippen LogP contribution is -1.95. The maximum absolute atomic E-state index is 6.60. The van der Waals surface area contributed by atoms with Crippen LogP contribution in [0.25, 0.3) is 121 Å². The number of fused-ring (bicyclic) bond motifs is 14. The van der Waals surface area contributed by atoms with Crippen molar-refractivity contribution in [2.75, 3.05) is 0 Å². The molecule has 274 valence electrons. The highest BCUT2D eigenvalue weighted by Crippen LogP contribution is 2.41. The van der Waals surface area contributed by atoms with Gasteiger partial charge in [-0.15, -0.1) is 0 Å². The van der Waals surface area contributed by atoms with Crippen LogP contribution < -0.4 is 0 Å². The number of rotatable bonds is 4. The summed E-state index contributed by atoms with van der Waals surface area (Å²) in [4.78, 5) is 10.2. The minimum absolute atomic E-state index is 0.537. The third-order valence-electron chi connectivity index (χ3n) is 12.2. The molecular weight excluding hydrogens is 721 g/mol. The average molecular weight is 753 g/mol. The molecule has 0 aliphatic carbocycles. The second-order valence-electron chi connectivity index (χ2n) is 15.4. The van der Waals surface area contributed by atoms with Gasteiger partial charge in [0, 0.05) is 43.9 Å². The molecule has 59 heavy (non-hydrogen) atoms. The molecule has 13 rings (SSSR count). The highest BCUT2D eigenvalue weighted by atomic mass is 16.3. The minimum Gasteiger partial charge on any atom is -0.436 e. The first-order chi connectivity index (χ1) is 29.3. The Bertz CT molecular complexity index is 3850. The van der Waals surface area contributed by atoms with Gasteiger partial charge in [-0.1, -0.05) is 133 Å². The third-order valence-corrected chi connectivity index (χ3v) is 12.2. The lowest BCUT2D eigenvalue weighted by Gasteiger charge is -2.11. The molecule has 0 bridgehead atoms. The topological polar surface area (TPSA) is 48.8 Å². The zero-order valence-corrected chi connectivity index (χ0v) is 31.7. The monoisotopic (exact) mass is 752 g/mol. The van der Waals surface area contributed by atoms with Gasteiger partial charge in [-0.05, 0) is 81.9 Å². The maximum Gasteiger partial charge on any atom is 0.246 e. The Morgan fingerprint density at radius 1 is 0.373 bits per heavy atom. The van der Waals surface area contributed by atoms with Crippen molar-refractivity contribution in [3.8, 4) is 33.8 Å². The van der Waals surface area contributed by atoms with Crippen molar-refractivity contribution >= 4 is 87.4 Å². The van der Waals surface area contributed by atoms with Crippen LogP contribution >= 0.6 is 0 Å². The number of furan rings is 1. The molecule has 0 fully saturated rings. The largest absolute Gasteiger partial charge is 0.436 e. The summed E-state index contributed by atoms with van der Waals surface area (Å²) in [5.41, 5.74) is 13.1. The SMILES string of the molecule is c1ccc(-n2c3ccccc3c3cc(-c4ccc5c6ccccc6n(-c6cccc(-c7cnc8c(n7)oc7c9ccccc9c9ccccc9c87)c6)c5c4)ccc32)cc1. The Balaban J connectivity index is 0.966. The van der Waals surface area contributed by atoms with E-state index < -0.39 is 0 Å². The Morgan fingerprint density at radius 3 is 1.75 bits per heavy atom. The van der Waals surface area contributed by atoms with Gasteiger partial charge in [-0.2, -0.15) is 0 Å². The molecule has 0 aliphatic rings. The quantitative estimate of drug-likeness (QED) is 0.168. The zero-order valence-electron chi connectivity index (χ0n) is 31.7. The van der Waals surface area contributed by atoms with Crippen molar-refractivity contribution in [1.82, 2.24) is 19.1 Å². The molecule has 5 nitrogen and oxygen atoms in total. The van der Waals surface area contributed by atoms with E-state index in [0.717, 1.165) is 71.9 Å². The molecule has 9 aromatic carbocycles. The van der Waals surface area contributed by atoms with Gasteiger partial charge in [0.15, 0.2) is 0 Å². The van der Waals surface area contributed by atoms with Crippen LogP contribution in [-0.4, -0.2) is 19.1 Å². The van der Waals surface area contributed by atoms with Gasteiger partial charge in [0.25, 0.3) is 0 Å². The summed E-state index contributed by atoms with van der Waals surface area (Å²) in [6.45, 7) is 0. The van der Waals surface area contributed by atoms with Crippen LogP contribution in [0.1, 0.15) is 0 Å². The molecule has 0 saturated carbocycles. The van der Waals surface area contributed by atoms with Crippen molar-refractivity contribution in [1.29, 1.82) is 0 Å². The Labute approximate surface area is 337 Å². The average Bonchev–Trinajstić information content (AvgIpc) is 3.97. The van der Waals surface area contributed by atoms with E-state index in [0.29, 0.717) is 5.71 Å². The first kappa shape index (κ1) is 32.1. The number of benzene rings is 9. The summed E-state index contributed by atoms with van der Waals surface area (Å²) in [6, 6.07) is 67.3. The van der Waals surface area contributed by atoms with Crippen molar-refractivity contribution in [3.05, 3.63) is 194 Å². The molecular formula is C54H32N4O. The summed E-state index contributed by atoms with van der Waals surface area (Å²) in [7, 11) is 0. The molecule has 5 heteroatoms. The molecule has 0 N–H and O–H groups in total. The fourth-order valence-corrected chi connectivity index (χ4v) is 9.54. The summed E-state index contributed by atoms with van der Waals surface area (Å²) < 4.78 is 11.3. The summed E-state index contributed by atoms with van der Waals surface area (Å²) in [5, 5.41) is 10.4. The van der Waals surface area contributed by atoms with Crippen LogP contribution in [0.3, 0.4) is 0 Å². The first-order valence-electron chi connectivity index (χ1n) is 20.0. The lowest BCUT2D eigenvalue weighted by molar-refractivity contribution is 0.657. The van der Waals surface area contributed by atoms with E-state index >= 15 is 0 Å². The lowest BCUT2D eigenvalue weighted by atomic mass is 9.98. The highest BCUT2D eigenvalue weighted by molar-refractivity contribution is 6.29. The van der Waals surface area contributed by atoms with E-state index in [4.69, 9.17) is 14.4 Å². The molecule has 0 radical (unpaired) electrons. The van der Waals surface area contributed by atoms with Crippen molar-refractivity contribution < 1.29 is 4.42 Å². The van der Waals surface area contributed by atoms with Crippen LogP contribution in [-0.2, 0) is 0 Å². The van der Waals surface area contributed by atoms with Gasteiger partial charge < -0.3 is 13.6 Å². The molecule has 0 atom stereocenters. The van der Waals surface area contributed by atoms with Crippen molar-refractivity contribution in [3.63, 3.8) is 0 Å². The van der Waals surface area contributed by atoms with Crippen LogP contribution in [0.5, 0.6) is 0 Å². The molecule has 4 aromatic heterocycles. The number of hydrogen-bond acceptors (Lipinski definition) is 3. The number of para-hydroxylation sites is 3.